The molecule has 2 atom stereocenters. The molecule has 1 rings (SSSR count). The zero-order chi connectivity index (χ0) is 13.7. The van der Waals surface area contributed by atoms with Crippen LogP contribution in [0.3, 0.4) is 0 Å². The van der Waals surface area contributed by atoms with E-state index in [0.29, 0.717) is 11.3 Å². The SMILES string of the molecule is COc1cc(C(O)C(O)CN)ccc1OC(C)=O. The Bertz CT molecular complexity index is 421. The highest BCUT2D eigenvalue weighted by Gasteiger charge is 2.19. The summed E-state index contributed by atoms with van der Waals surface area (Å²) in [5.74, 6) is 0.0813. The second-order valence-electron chi connectivity index (χ2n) is 3.75. The van der Waals surface area contributed by atoms with Gasteiger partial charge in [-0.15, -0.1) is 0 Å². The molecule has 0 aliphatic carbocycles. The lowest BCUT2D eigenvalue weighted by atomic mass is 10.0. The monoisotopic (exact) mass is 255 g/mol. The van der Waals surface area contributed by atoms with Crippen molar-refractivity contribution in [3.63, 3.8) is 0 Å². The van der Waals surface area contributed by atoms with Crippen LogP contribution in [0.1, 0.15) is 18.6 Å². The molecule has 0 aliphatic heterocycles. The Balaban J connectivity index is 3.01. The first-order chi connectivity index (χ1) is 8.49. The number of carbonyl (C=O) groups excluding carboxylic acids is 1. The van der Waals surface area contributed by atoms with Crippen LogP contribution in [-0.2, 0) is 4.79 Å². The number of nitrogens with two attached hydrogens (primary N) is 1. The average molecular weight is 255 g/mol. The van der Waals surface area contributed by atoms with Gasteiger partial charge in [0.2, 0.25) is 0 Å². The zero-order valence-electron chi connectivity index (χ0n) is 10.3. The molecule has 4 N–H and O–H groups in total. The summed E-state index contributed by atoms with van der Waals surface area (Å²) in [5.41, 5.74) is 5.70. The van der Waals surface area contributed by atoms with Gasteiger partial charge in [-0.2, -0.15) is 0 Å². The number of esters is 1. The van der Waals surface area contributed by atoms with Gasteiger partial charge in [-0.05, 0) is 17.7 Å². The summed E-state index contributed by atoms with van der Waals surface area (Å²) >= 11 is 0. The van der Waals surface area contributed by atoms with E-state index in [0.717, 1.165) is 0 Å². The molecule has 0 aromatic heterocycles. The van der Waals surface area contributed by atoms with Crippen molar-refractivity contribution in [2.75, 3.05) is 13.7 Å². The molecule has 1 aromatic carbocycles. The van der Waals surface area contributed by atoms with Crippen molar-refractivity contribution < 1.29 is 24.5 Å². The maximum atomic E-state index is 10.9. The Labute approximate surface area is 105 Å². The molecule has 100 valence electrons. The van der Waals surface area contributed by atoms with E-state index in [9.17, 15) is 15.0 Å². The molecule has 0 aliphatic rings. The number of hydrogen-bond donors (Lipinski definition) is 3. The predicted octanol–water partition coefficient (Wildman–Crippen LogP) is -0.0265. The fraction of sp³-hybridized carbons (Fsp3) is 0.417. The van der Waals surface area contributed by atoms with Crippen molar-refractivity contribution >= 4 is 5.97 Å². The largest absolute Gasteiger partial charge is 0.493 e. The number of benzene rings is 1. The van der Waals surface area contributed by atoms with Crippen molar-refractivity contribution in [2.45, 2.75) is 19.1 Å². The molecule has 0 saturated carbocycles. The molecule has 18 heavy (non-hydrogen) atoms. The number of aliphatic hydroxyl groups excluding tert-OH is 2. The van der Waals surface area contributed by atoms with Crippen LogP contribution in [0.15, 0.2) is 18.2 Å². The highest BCUT2D eigenvalue weighted by molar-refractivity contribution is 5.70. The molecule has 6 nitrogen and oxygen atoms in total. The quantitative estimate of drug-likeness (QED) is 0.504. The Hall–Kier alpha value is -1.63. The average Bonchev–Trinajstić information content (AvgIpc) is 2.36. The smallest absolute Gasteiger partial charge is 0.308 e. The Kier molecular flexibility index (Phi) is 5.08. The van der Waals surface area contributed by atoms with Crippen molar-refractivity contribution in [3.8, 4) is 11.5 Å². The molecule has 0 spiro atoms. The van der Waals surface area contributed by atoms with Crippen LogP contribution in [-0.4, -0.2) is 35.9 Å². The van der Waals surface area contributed by atoms with E-state index in [1.54, 1.807) is 0 Å². The standard InChI is InChI=1S/C12H17NO5/c1-7(14)18-10-4-3-8(5-11(10)17-2)12(16)9(15)6-13/h3-5,9,12,15-16H,6,13H2,1-2H3. The van der Waals surface area contributed by atoms with Crippen molar-refractivity contribution in [1.29, 1.82) is 0 Å². The van der Waals surface area contributed by atoms with Gasteiger partial charge in [-0.1, -0.05) is 6.07 Å². The van der Waals surface area contributed by atoms with Gasteiger partial charge < -0.3 is 25.4 Å². The van der Waals surface area contributed by atoms with Crippen molar-refractivity contribution in [1.82, 2.24) is 0 Å². The van der Waals surface area contributed by atoms with E-state index < -0.39 is 18.2 Å². The first-order valence-corrected chi connectivity index (χ1v) is 5.42. The number of rotatable bonds is 5. The lowest BCUT2D eigenvalue weighted by Crippen LogP contribution is -2.27. The molecule has 0 radical (unpaired) electrons. The van der Waals surface area contributed by atoms with E-state index >= 15 is 0 Å². The number of aliphatic hydroxyl groups is 2. The maximum Gasteiger partial charge on any atom is 0.308 e. The summed E-state index contributed by atoms with van der Waals surface area (Å²) in [6, 6.07) is 4.51. The zero-order valence-corrected chi connectivity index (χ0v) is 10.3. The second-order valence-corrected chi connectivity index (χ2v) is 3.75. The minimum atomic E-state index is -1.12. The highest BCUT2D eigenvalue weighted by atomic mass is 16.6. The fourth-order valence-electron chi connectivity index (χ4n) is 1.46. The predicted molar refractivity (Wildman–Crippen MR) is 64.3 cm³/mol. The summed E-state index contributed by atoms with van der Waals surface area (Å²) < 4.78 is 9.97. The van der Waals surface area contributed by atoms with Gasteiger partial charge in [0.05, 0.1) is 13.2 Å². The van der Waals surface area contributed by atoms with Crippen molar-refractivity contribution in [2.24, 2.45) is 5.73 Å². The van der Waals surface area contributed by atoms with Gasteiger partial charge in [0.1, 0.15) is 6.10 Å². The summed E-state index contributed by atoms with van der Waals surface area (Å²) in [6.45, 7) is 1.22. The topological polar surface area (TPSA) is 102 Å². The Morgan fingerprint density at radius 1 is 1.39 bits per heavy atom. The fourth-order valence-corrected chi connectivity index (χ4v) is 1.46. The summed E-state index contributed by atoms with van der Waals surface area (Å²) in [7, 11) is 1.41. The van der Waals surface area contributed by atoms with E-state index in [4.69, 9.17) is 15.2 Å². The molecule has 0 fully saturated rings. The second kappa shape index (κ2) is 6.34. The molecular weight excluding hydrogens is 238 g/mol. The Morgan fingerprint density at radius 3 is 2.56 bits per heavy atom. The van der Waals surface area contributed by atoms with Crippen LogP contribution >= 0.6 is 0 Å². The summed E-state index contributed by atoms with van der Waals surface area (Å²) in [6.07, 6.45) is -2.18. The van der Waals surface area contributed by atoms with Crippen LogP contribution in [0.25, 0.3) is 0 Å². The summed E-state index contributed by atoms with van der Waals surface area (Å²) in [4.78, 5) is 10.9. The molecule has 0 amide bonds. The van der Waals surface area contributed by atoms with Crippen LogP contribution in [0.5, 0.6) is 11.5 Å². The highest BCUT2D eigenvalue weighted by Crippen LogP contribution is 2.31. The minimum absolute atomic E-state index is 0.0603. The number of methoxy groups -OCH3 is 1. The van der Waals surface area contributed by atoms with Crippen LogP contribution in [0.2, 0.25) is 0 Å². The molecule has 6 heteroatoms. The molecular formula is C12H17NO5. The van der Waals surface area contributed by atoms with E-state index in [-0.39, 0.29) is 12.3 Å². The molecule has 0 heterocycles. The van der Waals surface area contributed by atoms with Crippen LogP contribution in [0.4, 0.5) is 0 Å². The van der Waals surface area contributed by atoms with Gasteiger partial charge >= 0.3 is 5.97 Å². The molecule has 0 saturated heterocycles. The minimum Gasteiger partial charge on any atom is -0.493 e. The van der Waals surface area contributed by atoms with Crippen molar-refractivity contribution in [3.05, 3.63) is 23.8 Å². The van der Waals surface area contributed by atoms with E-state index in [1.165, 1.54) is 32.2 Å². The lowest BCUT2D eigenvalue weighted by molar-refractivity contribution is -0.132. The normalized spacial score (nSPS) is 13.8. The van der Waals surface area contributed by atoms with Crippen LogP contribution in [0, 0.1) is 0 Å². The van der Waals surface area contributed by atoms with E-state index in [2.05, 4.69) is 0 Å². The summed E-state index contributed by atoms with van der Waals surface area (Å²) in [5, 5.41) is 19.2. The van der Waals surface area contributed by atoms with Crippen LogP contribution < -0.4 is 15.2 Å². The lowest BCUT2D eigenvalue weighted by Gasteiger charge is -2.18. The maximum absolute atomic E-state index is 10.9. The van der Waals surface area contributed by atoms with Gasteiger partial charge in [-0.25, -0.2) is 0 Å². The molecule has 2 unspecified atom stereocenters. The van der Waals surface area contributed by atoms with Gasteiger partial charge in [-0.3, -0.25) is 4.79 Å². The third-order valence-electron chi connectivity index (χ3n) is 2.39. The number of hydrogen-bond acceptors (Lipinski definition) is 6. The third-order valence-corrected chi connectivity index (χ3v) is 2.39. The first-order valence-electron chi connectivity index (χ1n) is 5.42. The van der Waals surface area contributed by atoms with E-state index in [1.807, 2.05) is 0 Å². The molecule has 1 aromatic rings. The number of ether oxygens (including phenoxy) is 2. The molecule has 0 bridgehead atoms. The van der Waals surface area contributed by atoms with Gasteiger partial charge in [0.15, 0.2) is 11.5 Å². The third kappa shape index (κ3) is 3.43. The van der Waals surface area contributed by atoms with Gasteiger partial charge in [0, 0.05) is 13.5 Å². The number of carbonyl (C=O) groups is 1. The van der Waals surface area contributed by atoms with Gasteiger partial charge in [0.25, 0.3) is 0 Å². The Morgan fingerprint density at radius 2 is 2.06 bits per heavy atom. The first kappa shape index (κ1) is 14.4.